The number of aromatic nitrogens is 3. The second kappa shape index (κ2) is 1.88. The molecule has 4 nitrogen and oxygen atoms in total. The van der Waals surface area contributed by atoms with Gasteiger partial charge in [-0.05, 0) is 11.5 Å². The summed E-state index contributed by atoms with van der Waals surface area (Å²) in [6.45, 7) is 0. The predicted octanol–water partition coefficient (Wildman–Crippen LogP) is 0.668. The van der Waals surface area contributed by atoms with Gasteiger partial charge in [0.25, 0.3) is 0 Å². The maximum Gasteiger partial charge on any atom is 0.178 e. The van der Waals surface area contributed by atoms with Gasteiger partial charge in [-0.3, -0.25) is 0 Å². The summed E-state index contributed by atoms with van der Waals surface area (Å²) in [7, 11) is 0. The Morgan fingerprint density at radius 1 is 1.50 bits per heavy atom. The molecule has 0 atom stereocenters. The van der Waals surface area contributed by atoms with E-state index in [0.29, 0.717) is 10.6 Å². The molecule has 0 unspecified atom stereocenters. The van der Waals surface area contributed by atoms with Gasteiger partial charge in [-0.15, -0.1) is 0 Å². The van der Waals surface area contributed by atoms with E-state index in [0.717, 1.165) is 5.39 Å². The van der Waals surface area contributed by atoms with Gasteiger partial charge < -0.3 is 5.73 Å². The number of hydrogen-bond donors (Lipinski definition) is 1. The van der Waals surface area contributed by atoms with Crippen molar-refractivity contribution in [2.75, 3.05) is 5.73 Å². The molecule has 2 rings (SSSR count). The lowest BCUT2D eigenvalue weighted by Crippen LogP contribution is -1.81. The van der Waals surface area contributed by atoms with Gasteiger partial charge in [-0.2, -0.15) is 4.37 Å². The molecule has 50 valence electrons. The lowest BCUT2D eigenvalue weighted by Gasteiger charge is -1.83. The predicted molar refractivity (Wildman–Crippen MR) is 39.6 cm³/mol. The molecule has 2 aromatic heterocycles. The Bertz CT molecular complexity index is 355. The minimum atomic E-state index is 0.676. The number of hydrogen-bond acceptors (Lipinski definition) is 5. The standard InChI is InChI=1S/C5H4N4S/c6-4-3-1-7-2-8-5(3)9-10-4/h1-2H,6H2. The van der Waals surface area contributed by atoms with E-state index in [4.69, 9.17) is 5.73 Å². The Kier molecular flexibility index (Phi) is 1.04. The van der Waals surface area contributed by atoms with Gasteiger partial charge in [0.2, 0.25) is 0 Å². The van der Waals surface area contributed by atoms with E-state index in [1.807, 2.05) is 0 Å². The summed E-state index contributed by atoms with van der Waals surface area (Å²) in [6, 6.07) is 0. The van der Waals surface area contributed by atoms with Crippen molar-refractivity contribution in [3.05, 3.63) is 12.5 Å². The zero-order valence-corrected chi connectivity index (χ0v) is 5.80. The van der Waals surface area contributed by atoms with E-state index < -0.39 is 0 Å². The first-order valence-corrected chi connectivity index (χ1v) is 3.46. The van der Waals surface area contributed by atoms with E-state index in [1.165, 1.54) is 17.9 Å². The first-order chi connectivity index (χ1) is 4.88. The van der Waals surface area contributed by atoms with Crippen LogP contribution in [0, 0.1) is 0 Å². The molecule has 0 fully saturated rings. The molecule has 2 aromatic rings. The minimum Gasteiger partial charge on any atom is -0.389 e. The molecule has 0 amide bonds. The third-order valence-electron chi connectivity index (χ3n) is 1.19. The molecule has 0 aromatic carbocycles. The molecule has 2 N–H and O–H groups in total. The second-order valence-corrected chi connectivity index (χ2v) is 2.61. The van der Waals surface area contributed by atoms with Crippen LogP contribution in [0.1, 0.15) is 0 Å². The van der Waals surface area contributed by atoms with E-state index >= 15 is 0 Å². The summed E-state index contributed by atoms with van der Waals surface area (Å²) < 4.78 is 3.98. The zero-order chi connectivity index (χ0) is 6.97. The topological polar surface area (TPSA) is 64.7 Å². The maximum atomic E-state index is 5.55. The number of fused-ring (bicyclic) bond motifs is 1. The number of anilines is 1. The Labute approximate surface area is 60.9 Å². The molecule has 5 heteroatoms. The summed E-state index contributed by atoms with van der Waals surface area (Å²) in [5, 5.41) is 1.52. The van der Waals surface area contributed by atoms with Crippen LogP contribution in [0.15, 0.2) is 12.5 Å². The van der Waals surface area contributed by atoms with Crippen molar-refractivity contribution < 1.29 is 0 Å². The van der Waals surface area contributed by atoms with Crippen molar-refractivity contribution >= 4 is 27.6 Å². The largest absolute Gasteiger partial charge is 0.389 e. The zero-order valence-electron chi connectivity index (χ0n) is 4.98. The van der Waals surface area contributed by atoms with Gasteiger partial charge in [0.15, 0.2) is 5.65 Å². The molecule has 0 spiro atoms. The number of rotatable bonds is 0. The fraction of sp³-hybridized carbons (Fsp3) is 0. The molecular weight excluding hydrogens is 148 g/mol. The third-order valence-corrected chi connectivity index (χ3v) is 1.87. The SMILES string of the molecule is Nc1snc2ncncc12. The summed E-state index contributed by atoms with van der Waals surface area (Å²) in [6.07, 6.45) is 3.13. The van der Waals surface area contributed by atoms with Gasteiger partial charge in [-0.1, -0.05) is 0 Å². The lowest BCUT2D eigenvalue weighted by atomic mass is 10.4. The van der Waals surface area contributed by atoms with Crippen LogP contribution in [0.4, 0.5) is 5.00 Å². The quantitative estimate of drug-likeness (QED) is 0.602. The lowest BCUT2D eigenvalue weighted by molar-refractivity contribution is 1.21. The number of nitrogens with two attached hydrogens (primary N) is 1. The Morgan fingerprint density at radius 3 is 3.20 bits per heavy atom. The van der Waals surface area contributed by atoms with Gasteiger partial charge >= 0.3 is 0 Å². The van der Waals surface area contributed by atoms with Crippen molar-refractivity contribution in [3.63, 3.8) is 0 Å². The third kappa shape index (κ3) is 0.640. The Balaban J connectivity index is 2.93. The molecule has 0 aliphatic rings. The smallest absolute Gasteiger partial charge is 0.178 e. The maximum absolute atomic E-state index is 5.55. The highest BCUT2D eigenvalue weighted by Crippen LogP contribution is 2.20. The van der Waals surface area contributed by atoms with Gasteiger partial charge in [0.1, 0.15) is 11.3 Å². The van der Waals surface area contributed by atoms with Crippen molar-refractivity contribution in [2.24, 2.45) is 0 Å². The van der Waals surface area contributed by atoms with Gasteiger partial charge in [-0.25, -0.2) is 9.97 Å². The summed E-state index contributed by atoms with van der Waals surface area (Å²) >= 11 is 1.24. The fourth-order valence-electron chi connectivity index (χ4n) is 0.711. The van der Waals surface area contributed by atoms with Crippen LogP contribution in [0.3, 0.4) is 0 Å². The summed E-state index contributed by atoms with van der Waals surface area (Å²) in [5.41, 5.74) is 6.23. The van der Waals surface area contributed by atoms with E-state index in [9.17, 15) is 0 Å². The molecular formula is C5H4N4S. The van der Waals surface area contributed by atoms with Crippen molar-refractivity contribution in [1.82, 2.24) is 14.3 Å². The molecule has 0 radical (unpaired) electrons. The highest BCUT2D eigenvalue weighted by molar-refractivity contribution is 7.11. The summed E-state index contributed by atoms with van der Waals surface area (Å²) in [5.74, 6) is 0. The highest BCUT2D eigenvalue weighted by atomic mass is 32.1. The number of nitrogens with zero attached hydrogens (tertiary/aromatic N) is 3. The van der Waals surface area contributed by atoms with Crippen molar-refractivity contribution in [1.29, 1.82) is 0 Å². The first kappa shape index (κ1) is 5.55. The number of nitrogen functional groups attached to an aromatic ring is 1. The first-order valence-electron chi connectivity index (χ1n) is 2.69. The van der Waals surface area contributed by atoms with Crippen LogP contribution in [0.25, 0.3) is 11.0 Å². The van der Waals surface area contributed by atoms with Gasteiger partial charge in [0.05, 0.1) is 5.39 Å². The second-order valence-electron chi connectivity index (χ2n) is 1.81. The molecule has 10 heavy (non-hydrogen) atoms. The van der Waals surface area contributed by atoms with Crippen LogP contribution < -0.4 is 5.73 Å². The van der Waals surface area contributed by atoms with Gasteiger partial charge in [0, 0.05) is 6.20 Å². The molecule has 0 bridgehead atoms. The van der Waals surface area contributed by atoms with Crippen LogP contribution in [-0.2, 0) is 0 Å². The van der Waals surface area contributed by atoms with Crippen LogP contribution >= 0.6 is 11.5 Å². The van der Waals surface area contributed by atoms with E-state index in [2.05, 4.69) is 14.3 Å². The molecule has 0 aliphatic heterocycles. The molecule has 2 heterocycles. The average molecular weight is 152 g/mol. The normalized spacial score (nSPS) is 10.4. The van der Waals surface area contributed by atoms with Crippen molar-refractivity contribution in [3.8, 4) is 0 Å². The summed E-state index contributed by atoms with van der Waals surface area (Å²) in [4.78, 5) is 7.73. The highest BCUT2D eigenvalue weighted by Gasteiger charge is 2.00. The Morgan fingerprint density at radius 2 is 2.40 bits per heavy atom. The minimum absolute atomic E-state index is 0.676. The fourth-order valence-corrected chi connectivity index (χ4v) is 1.28. The average Bonchev–Trinajstić information content (AvgIpc) is 2.34. The van der Waals surface area contributed by atoms with Crippen LogP contribution in [0.5, 0.6) is 0 Å². The Hall–Kier alpha value is -1.23. The van der Waals surface area contributed by atoms with E-state index in [1.54, 1.807) is 6.20 Å². The van der Waals surface area contributed by atoms with Crippen LogP contribution in [0.2, 0.25) is 0 Å². The van der Waals surface area contributed by atoms with Crippen LogP contribution in [-0.4, -0.2) is 14.3 Å². The van der Waals surface area contributed by atoms with Crippen molar-refractivity contribution in [2.45, 2.75) is 0 Å². The monoisotopic (exact) mass is 152 g/mol. The van der Waals surface area contributed by atoms with E-state index in [-0.39, 0.29) is 0 Å². The molecule has 0 saturated carbocycles. The molecule has 0 aliphatic carbocycles. The molecule has 0 saturated heterocycles.